The van der Waals surface area contributed by atoms with E-state index >= 15 is 4.39 Å². The molecule has 4 unspecified atom stereocenters. The third kappa shape index (κ3) is 3.11. The maximum absolute atomic E-state index is 15.3. The summed E-state index contributed by atoms with van der Waals surface area (Å²) < 4.78 is 47.0. The largest absolute Gasteiger partial charge is 0.456 e. The molecule has 0 radical (unpaired) electrons. The molecule has 2 N–H and O–H groups in total. The third-order valence-corrected chi connectivity index (χ3v) is 6.51. The molecule has 3 fully saturated rings. The van der Waals surface area contributed by atoms with Crippen molar-refractivity contribution in [1.29, 1.82) is 0 Å². The van der Waals surface area contributed by atoms with Crippen LogP contribution in [-0.4, -0.2) is 58.5 Å². The summed E-state index contributed by atoms with van der Waals surface area (Å²) in [4.78, 5) is 18.2. The number of ether oxygens (including phenoxy) is 3. The van der Waals surface area contributed by atoms with Crippen LogP contribution in [0.15, 0.2) is 30.3 Å². The zero-order valence-electron chi connectivity index (χ0n) is 16.9. The second kappa shape index (κ2) is 7.33. The minimum Gasteiger partial charge on any atom is -0.456 e. The fraction of sp³-hybridized carbons (Fsp3) is 0.391. The van der Waals surface area contributed by atoms with Crippen molar-refractivity contribution in [2.75, 3.05) is 13.2 Å². The first-order valence-corrected chi connectivity index (χ1v) is 10.6. The Bertz CT molecular complexity index is 1200. The first-order valence-electron chi connectivity index (χ1n) is 10.6. The van der Waals surface area contributed by atoms with Crippen LogP contribution in [0.4, 0.5) is 8.78 Å². The van der Waals surface area contributed by atoms with Crippen molar-refractivity contribution in [1.82, 2.24) is 9.97 Å². The summed E-state index contributed by atoms with van der Waals surface area (Å²) >= 11 is 0. The lowest BCUT2D eigenvalue weighted by Crippen LogP contribution is -2.34. The summed E-state index contributed by atoms with van der Waals surface area (Å²) in [5.41, 5.74) is 1.35. The van der Waals surface area contributed by atoms with Crippen molar-refractivity contribution in [2.45, 2.75) is 43.2 Å². The molecular weight excluding hydrogens is 422 g/mol. The fourth-order valence-electron chi connectivity index (χ4n) is 4.71. The number of carbonyl (C=O) groups excluding carboxylic acids is 1. The average molecular weight is 442 g/mol. The van der Waals surface area contributed by atoms with E-state index in [0.717, 1.165) is 5.56 Å². The van der Waals surface area contributed by atoms with Gasteiger partial charge >= 0.3 is 0 Å². The van der Waals surface area contributed by atoms with Gasteiger partial charge < -0.3 is 24.3 Å². The molecule has 6 rings (SSSR count). The normalized spacial score (nSPS) is 27.7. The molecule has 32 heavy (non-hydrogen) atoms. The van der Waals surface area contributed by atoms with Crippen LogP contribution < -0.4 is 4.74 Å². The number of Topliss-reactive ketones (excluding diaryl/α,β-unsaturated/α-hetero) is 1. The molecule has 3 aromatic rings. The minimum absolute atomic E-state index is 0.0275. The van der Waals surface area contributed by atoms with Gasteiger partial charge in [-0.3, -0.25) is 4.79 Å². The van der Waals surface area contributed by atoms with Crippen LogP contribution in [-0.2, 0) is 14.3 Å². The van der Waals surface area contributed by atoms with Crippen LogP contribution in [0, 0.1) is 11.6 Å². The van der Waals surface area contributed by atoms with Crippen molar-refractivity contribution < 1.29 is 32.9 Å². The summed E-state index contributed by atoms with van der Waals surface area (Å²) in [6.07, 6.45) is -1.11. The van der Waals surface area contributed by atoms with Crippen molar-refractivity contribution in [2.24, 2.45) is 0 Å². The average Bonchev–Trinajstić information content (AvgIpc) is 3.44. The number of benzene rings is 2. The zero-order chi connectivity index (χ0) is 22.0. The van der Waals surface area contributed by atoms with Crippen LogP contribution >= 0.6 is 0 Å². The van der Waals surface area contributed by atoms with Gasteiger partial charge in [-0.05, 0) is 17.0 Å². The number of nitrogens with zero attached hydrogens (tertiary/aromatic N) is 1. The van der Waals surface area contributed by atoms with E-state index in [9.17, 15) is 14.3 Å². The number of imidazole rings is 1. The number of carbonyl (C=O) groups is 1. The maximum Gasteiger partial charge on any atom is 0.295 e. The number of aliphatic hydroxyl groups excluding tert-OH is 1. The molecule has 3 heterocycles. The highest BCUT2D eigenvalue weighted by Crippen LogP contribution is 2.37. The zero-order valence-corrected chi connectivity index (χ0v) is 16.9. The summed E-state index contributed by atoms with van der Waals surface area (Å²) in [6.45, 7) is 0.360. The van der Waals surface area contributed by atoms with Gasteiger partial charge in [-0.2, -0.15) is 4.98 Å². The van der Waals surface area contributed by atoms with Gasteiger partial charge in [-0.15, -0.1) is 0 Å². The Hall–Kier alpha value is -2.88. The van der Waals surface area contributed by atoms with Gasteiger partial charge in [0, 0.05) is 18.9 Å². The highest BCUT2D eigenvalue weighted by atomic mass is 19.1. The SMILES string of the molecule is O=C1CC(c2ccc(-c3c(F)cc4[nH]c(OC5COC6C(O)COC56)nc4c3F)cc2)C1. The molecule has 0 amide bonds. The summed E-state index contributed by atoms with van der Waals surface area (Å²) in [5, 5.41) is 9.84. The molecule has 4 atom stereocenters. The van der Waals surface area contributed by atoms with E-state index in [1.807, 2.05) is 0 Å². The Kier molecular flexibility index (Phi) is 4.53. The number of nitrogens with one attached hydrogen (secondary N) is 1. The predicted molar refractivity (Wildman–Crippen MR) is 108 cm³/mol. The number of hydrogen-bond acceptors (Lipinski definition) is 6. The number of aromatic amines is 1. The molecular formula is C23H20F2N2O5. The number of H-pyrrole nitrogens is 1. The van der Waals surface area contributed by atoms with Gasteiger partial charge in [0.05, 0.1) is 24.3 Å². The van der Waals surface area contributed by atoms with Crippen LogP contribution in [0.2, 0.25) is 0 Å². The van der Waals surface area contributed by atoms with Crippen LogP contribution in [0.1, 0.15) is 24.3 Å². The lowest BCUT2D eigenvalue weighted by molar-refractivity contribution is -0.124. The van der Waals surface area contributed by atoms with E-state index in [1.165, 1.54) is 6.07 Å². The Morgan fingerprint density at radius 1 is 1.09 bits per heavy atom. The molecule has 0 spiro atoms. The van der Waals surface area contributed by atoms with Gasteiger partial charge in [-0.25, -0.2) is 8.78 Å². The minimum atomic E-state index is -0.786. The lowest BCUT2D eigenvalue weighted by Gasteiger charge is -2.24. The number of halogens is 2. The molecule has 1 aliphatic carbocycles. The van der Waals surface area contributed by atoms with E-state index in [-0.39, 0.29) is 47.5 Å². The summed E-state index contributed by atoms with van der Waals surface area (Å²) in [6, 6.07) is 8.15. The Labute approximate surface area is 181 Å². The molecule has 2 aromatic carbocycles. The molecule has 1 saturated carbocycles. The van der Waals surface area contributed by atoms with Gasteiger partial charge in [0.1, 0.15) is 35.4 Å². The molecule has 3 aliphatic rings. The quantitative estimate of drug-likeness (QED) is 0.646. The Balaban J connectivity index is 1.28. The van der Waals surface area contributed by atoms with E-state index in [0.29, 0.717) is 18.4 Å². The first-order chi connectivity index (χ1) is 15.5. The molecule has 7 nitrogen and oxygen atoms in total. The van der Waals surface area contributed by atoms with Crippen LogP contribution in [0.3, 0.4) is 0 Å². The Morgan fingerprint density at radius 3 is 2.59 bits per heavy atom. The van der Waals surface area contributed by atoms with Crippen molar-refractivity contribution >= 4 is 16.8 Å². The smallest absolute Gasteiger partial charge is 0.295 e. The maximum atomic E-state index is 15.3. The van der Waals surface area contributed by atoms with E-state index in [4.69, 9.17) is 14.2 Å². The van der Waals surface area contributed by atoms with Gasteiger partial charge in [0.25, 0.3) is 6.01 Å². The highest BCUT2D eigenvalue weighted by Gasteiger charge is 2.48. The standard InChI is InChI=1S/C23H20F2N2O5/c24-14-7-15-20(27-23(26-15)32-17-9-31-21-16(29)8-30-22(17)21)19(25)18(14)11-3-1-10(2-4-11)12-5-13(28)6-12/h1-4,7,12,16-17,21-22,29H,5-6,8-9H2,(H,26,27). The Morgan fingerprint density at radius 2 is 1.84 bits per heavy atom. The van der Waals surface area contributed by atoms with Gasteiger partial charge in [0.15, 0.2) is 11.9 Å². The van der Waals surface area contributed by atoms with Gasteiger partial charge in [-0.1, -0.05) is 24.3 Å². The van der Waals surface area contributed by atoms with Crippen LogP contribution in [0.5, 0.6) is 6.01 Å². The second-order valence-electron chi connectivity index (χ2n) is 8.57. The van der Waals surface area contributed by atoms with E-state index in [1.54, 1.807) is 24.3 Å². The molecule has 9 heteroatoms. The van der Waals surface area contributed by atoms with Crippen molar-refractivity contribution in [3.8, 4) is 17.1 Å². The third-order valence-electron chi connectivity index (χ3n) is 6.51. The number of hydrogen-bond donors (Lipinski definition) is 2. The van der Waals surface area contributed by atoms with Crippen molar-refractivity contribution in [3.05, 3.63) is 47.5 Å². The molecule has 2 aliphatic heterocycles. The van der Waals surface area contributed by atoms with Crippen molar-refractivity contribution in [3.63, 3.8) is 0 Å². The lowest BCUT2D eigenvalue weighted by atomic mass is 9.78. The topological polar surface area (TPSA) is 93.7 Å². The van der Waals surface area contributed by atoms with E-state index < -0.39 is 36.1 Å². The number of ketones is 1. The first kappa shape index (κ1) is 19.8. The second-order valence-corrected chi connectivity index (χ2v) is 8.57. The highest BCUT2D eigenvalue weighted by molar-refractivity contribution is 5.87. The predicted octanol–water partition coefficient (Wildman–Crippen LogP) is 2.86. The summed E-state index contributed by atoms with van der Waals surface area (Å²) in [5.74, 6) is -1.09. The number of fused-ring (bicyclic) bond motifs is 2. The van der Waals surface area contributed by atoms with Crippen LogP contribution in [0.25, 0.3) is 22.2 Å². The van der Waals surface area contributed by atoms with Gasteiger partial charge in [0.2, 0.25) is 0 Å². The molecule has 1 aromatic heterocycles. The fourth-order valence-corrected chi connectivity index (χ4v) is 4.71. The summed E-state index contributed by atoms with van der Waals surface area (Å²) in [7, 11) is 0. The monoisotopic (exact) mass is 442 g/mol. The number of aliphatic hydroxyl groups is 1. The number of aromatic nitrogens is 2. The molecule has 0 bridgehead atoms. The number of rotatable bonds is 4. The molecule has 2 saturated heterocycles. The molecule has 166 valence electrons. The van der Waals surface area contributed by atoms with E-state index in [2.05, 4.69) is 9.97 Å².